The zero-order chi connectivity index (χ0) is 27.5. The number of benzene rings is 3. The Morgan fingerprint density at radius 2 is 1.66 bits per heavy atom. The highest BCUT2D eigenvalue weighted by Crippen LogP contribution is 2.29. The number of nitrogens with zero attached hydrogens (tertiary/aromatic N) is 1. The quantitative estimate of drug-likeness (QED) is 0.108. The first-order valence-electron chi connectivity index (χ1n) is 11.6. The van der Waals surface area contributed by atoms with Crippen LogP contribution in [-0.2, 0) is 14.8 Å². The summed E-state index contributed by atoms with van der Waals surface area (Å²) in [6.45, 7) is 0.336. The normalized spacial score (nSPS) is 10.9. The molecule has 0 saturated heterocycles. The summed E-state index contributed by atoms with van der Waals surface area (Å²) < 4.78 is 33.5. The van der Waals surface area contributed by atoms with E-state index < -0.39 is 37.3 Å². The van der Waals surface area contributed by atoms with E-state index in [0.29, 0.717) is 31.6 Å². The van der Waals surface area contributed by atoms with Gasteiger partial charge in [-0.1, -0.05) is 36.8 Å². The fourth-order valence-electron chi connectivity index (χ4n) is 3.44. The zero-order valence-electron chi connectivity index (χ0n) is 20.1. The van der Waals surface area contributed by atoms with E-state index in [1.807, 2.05) is 4.72 Å². The average Bonchev–Trinajstić information content (AvgIpc) is 2.91. The van der Waals surface area contributed by atoms with E-state index in [1.165, 1.54) is 18.2 Å². The molecule has 0 unspecified atom stereocenters. The van der Waals surface area contributed by atoms with Gasteiger partial charge in [0.2, 0.25) is 5.91 Å². The van der Waals surface area contributed by atoms with Crippen molar-refractivity contribution in [2.45, 2.75) is 30.6 Å². The molecule has 13 heteroatoms. The SMILES string of the molecule is O=C(CCCCCNc1ccc(S(=O)(=O)NC(=O)c2ccccc2Oc2ccccc2)cc1[N+](=O)[O-])NO. The standard InChI is InChI=1S/C25H26N4O8S/c30-24(27-32)13-5-2-8-16-26-21-15-14-19(17-22(21)29(33)34)38(35,36)28-25(31)20-11-6-7-12-23(20)37-18-9-3-1-4-10-18/h1,3-4,6-7,9-12,14-15,17,26,32H,2,5,8,13,16H2,(H,27,30)(H,28,31). The molecule has 0 saturated carbocycles. The lowest BCUT2D eigenvalue weighted by atomic mass is 10.2. The van der Waals surface area contributed by atoms with Crippen molar-refractivity contribution in [1.82, 2.24) is 10.2 Å². The summed E-state index contributed by atoms with van der Waals surface area (Å²) in [6.07, 6.45) is 1.88. The topological polar surface area (TPSA) is 177 Å². The molecule has 0 aliphatic heterocycles. The summed E-state index contributed by atoms with van der Waals surface area (Å²) in [5.41, 5.74) is 1.13. The molecule has 12 nitrogen and oxygen atoms in total. The van der Waals surface area contributed by atoms with Crippen molar-refractivity contribution < 1.29 is 32.9 Å². The molecule has 0 spiro atoms. The molecule has 0 heterocycles. The molecule has 2 amide bonds. The molecule has 0 atom stereocenters. The number of hydrogen-bond acceptors (Lipinski definition) is 9. The van der Waals surface area contributed by atoms with Crippen molar-refractivity contribution in [2.75, 3.05) is 11.9 Å². The number of nitrogens with one attached hydrogen (secondary N) is 3. The highest BCUT2D eigenvalue weighted by Gasteiger charge is 2.25. The lowest BCUT2D eigenvalue weighted by Crippen LogP contribution is -2.30. The van der Waals surface area contributed by atoms with Gasteiger partial charge >= 0.3 is 0 Å². The molecule has 0 bridgehead atoms. The van der Waals surface area contributed by atoms with Crippen LogP contribution in [0.15, 0.2) is 77.7 Å². The monoisotopic (exact) mass is 542 g/mol. The molecule has 38 heavy (non-hydrogen) atoms. The third-order valence-electron chi connectivity index (χ3n) is 5.33. The lowest BCUT2D eigenvalue weighted by Gasteiger charge is -2.12. The van der Waals surface area contributed by atoms with Gasteiger partial charge in [-0.15, -0.1) is 0 Å². The number of nitro benzene ring substituents is 1. The number of nitro groups is 1. The molecule has 0 aliphatic carbocycles. The van der Waals surface area contributed by atoms with Crippen molar-refractivity contribution in [3.8, 4) is 11.5 Å². The summed E-state index contributed by atoms with van der Waals surface area (Å²) in [7, 11) is -4.46. The van der Waals surface area contributed by atoms with Gasteiger partial charge < -0.3 is 10.1 Å². The van der Waals surface area contributed by atoms with Crippen LogP contribution in [0.2, 0.25) is 0 Å². The van der Waals surface area contributed by atoms with Crippen LogP contribution in [0.25, 0.3) is 0 Å². The van der Waals surface area contributed by atoms with Crippen LogP contribution >= 0.6 is 0 Å². The maximum Gasteiger partial charge on any atom is 0.293 e. The van der Waals surface area contributed by atoms with Crippen molar-refractivity contribution in [3.63, 3.8) is 0 Å². The number of sulfonamides is 1. The maximum atomic E-state index is 12.9. The Balaban J connectivity index is 1.70. The van der Waals surface area contributed by atoms with Crippen LogP contribution in [0.5, 0.6) is 11.5 Å². The highest BCUT2D eigenvalue weighted by molar-refractivity contribution is 7.90. The average molecular weight is 543 g/mol. The van der Waals surface area contributed by atoms with Crippen LogP contribution in [0.1, 0.15) is 36.0 Å². The molecule has 0 radical (unpaired) electrons. The second-order valence-electron chi connectivity index (χ2n) is 8.05. The van der Waals surface area contributed by atoms with Gasteiger partial charge in [0.25, 0.3) is 21.6 Å². The molecule has 0 aromatic heterocycles. The fourth-order valence-corrected chi connectivity index (χ4v) is 4.43. The summed E-state index contributed by atoms with van der Waals surface area (Å²) >= 11 is 0. The molecular formula is C25H26N4O8S. The van der Waals surface area contributed by atoms with Crippen molar-refractivity contribution in [1.29, 1.82) is 0 Å². The van der Waals surface area contributed by atoms with Gasteiger partial charge in [-0.2, -0.15) is 0 Å². The van der Waals surface area contributed by atoms with Crippen LogP contribution in [0, 0.1) is 10.1 Å². The van der Waals surface area contributed by atoms with E-state index in [1.54, 1.807) is 47.9 Å². The minimum atomic E-state index is -4.46. The third kappa shape index (κ3) is 7.75. The Morgan fingerprint density at radius 1 is 0.947 bits per heavy atom. The molecule has 4 N–H and O–H groups in total. The van der Waals surface area contributed by atoms with E-state index in [0.717, 1.165) is 12.1 Å². The fraction of sp³-hybridized carbons (Fsp3) is 0.200. The number of amides is 2. The summed E-state index contributed by atoms with van der Waals surface area (Å²) in [6, 6.07) is 18.0. The minimum absolute atomic E-state index is 0.0378. The van der Waals surface area contributed by atoms with E-state index in [-0.39, 0.29) is 23.4 Å². The molecular weight excluding hydrogens is 516 g/mol. The molecule has 0 fully saturated rings. The molecule has 3 aromatic rings. The molecule has 3 rings (SSSR count). The predicted octanol–water partition coefficient (Wildman–Crippen LogP) is 3.98. The Hall–Kier alpha value is -4.49. The number of para-hydroxylation sites is 2. The zero-order valence-corrected chi connectivity index (χ0v) is 20.9. The number of hydroxylamine groups is 1. The Kier molecular flexibility index (Phi) is 9.73. The number of rotatable bonds is 13. The smallest absolute Gasteiger partial charge is 0.293 e. The van der Waals surface area contributed by atoms with Gasteiger partial charge in [-0.05, 0) is 49.2 Å². The Labute approximate surface area is 218 Å². The van der Waals surface area contributed by atoms with Crippen molar-refractivity contribution in [3.05, 3.63) is 88.5 Å². The lowest BCUT2D eigenvalue weighted by molar-refractivity contribution is -0.384. The second kappa shape index (κ2) is 13.2. The Bertz CT molecular complexity index is 1400. The van der Waals surface area contributed by atoms with Gasteiger partial charge in [-0.3, -0.25) is 24.9 Å². The van der Waals surface area contributed by atoms with E-state index in [2.05, 4.69) is 5.32 Å². The van der Waals surface area contributed by atoms with Crippen molar-refractivity contribution >= 4 is 33.2 Å². The van der Waals surface area contributed by atoms with Gasteiger partial charge in [0, 0.05) is 19.0 Å². The number of carbonyl (C=O) groups excluding carboxylic acids is 2. The first-order chi connectivity index (χ1) is 18.2. The molecule has 3 aromatic carbocycles. The van der Waals surface area contributed by atoms with E-state index in [4.69, 9.17) is 9.94 Å². The van der Waals surface area contributed by atoms with E-state index >= 15 is 0 Å². The van der Waals surface area contributed by atoms with Crippen LogP contribution in [0.4, 0.5) is 11.4 Å². The number of hydrogen-bond donors (Lipinski definition) is 4. The van der Waals surface area contributed by atoms with Crippen LogP contribution in [0.3, 0.4) is 0 Å². The highest BCUT2D eigenvalue weighted by atomic mass is 32.2. The maximum absolute atomic E-state index is 12.9. The van der Waals surface area contributed by atoms with Crippen LogP contribution in [-0.4, -0.2) is 36.9 Å². The minimum Gasteiger partial charge on any atom is -0.457 e. The van der Waals surface area contributed by atoms with Gasteiger partial charge in [-0.25, -0.2) is 18.6 Å². The van der Waals surface area contributed by atoms with E-state index in [9.17, 15) is 28.1 Å². The number of carbonyl (C=O) groups is 2. The number of anilines is 1. The van der Waals surface area contributed by atoms with Gasteiger partial charge in [0.15, 0.2) is 0 Å². The molecule has 0 aliphatic rings. The number of ether oxygens (including phenoxy) is 1. The summed E-state index contributed by atoms with van der Waals surface area (Å²) in [4.78, 5) is 34.3. The second-order valence-corrected chi connectivity index (χ2v) is 9.74. The third-order valence-corrected chi connectivity index (χ3v) is 6.66. The van der Waals surface area contributed by atoms with Crippen LogP contribution < -0.4 is 20.3 Å². The predicted molar refractivity (Wildman–Crippen MR) is 138 cm³/mol. The Morgan fingerprint density at radius 3 is 2.37 bits per heavy atom. The van der Waals surface area contributed by atoms with Gasteiger partial charge in [0.1, 0.15) is 17.2 Å². The first kappa shape index (κ1) is 28.1. The first-order valence-corrected chi connectivity index (χ1v) is 13.0. The van der Waals surface area contributed by atoms with Crippen molar-refractivity contribution in [2.24, 2.45) is 0 Å². The molecule has 200 valence electrons. The number of unbranched alkanes of at least 4 members (excludes halogenated alkanes) is 2. The largest absolute Gasteiger partial charge is 0.457 e. The summed E-state index contributed by atoms with van der Waals surface area (Å²) in [5.74, 6) is -0.875. The summed E-state index contributed by atoms with van der Waals surface area (Å²) in [5, 5.41) is 23.0. The van der Waals surface area contributed by atoms with Gasteiger partial charge in [0.05, 0.1) is 15.4 Å².